The molecular weight excluding hydrogens is 354 g/mol. The van der Waals surface area contributed by atoms with E-state index in [9.17, 15) is 9.59 Å². The lowest BCUT2D eigenvalue weighted by Gasteiger charge is -2.34. The van der Waals surface area contributed by atoms with Crippen molar-refractivity contribution in [1.29, 1.82) is 0 Å². The van der Waals surface area contributed by atoms with Crippen LogP contribution in [0.4, 0.5) is 0 Å². The Morgan fingerprint density at radius 3 is 2.73 bits per heavy atom. The normalized spacial score (nSPS) is 21.4. The number of nitrogens with zero attached hydrogens (tertiary/aromatic N) is 2. The van der Waals surface area contributed by atoms with Gasteiger partial charge in [0.2, 0.25) is 5.91 Å². The first-order chi connectivity index (χ1) is 12.6. The summed E-state index contributed by atoms with van der Waals surface area (Å²) in [6, 6.07) is 7.06. The highest BCUT2D eigenvalue weighted by atomic mass is 35.5. The summed E-state index contributed by atoms with van der Waals surface area (Å²) >= 11 is 6.07. The fourth-order valence-corrected chi connectivity index (χ4v) is 3.76. The Labute approximate surface area is 159 Å². The summed E-state index contributed by atoms with van der Waals surface area (Å²) < 4.78 is 5.30. The number of morpholine rings is 1. The Hall–Kier alpha value is -1.63. The minimum Gasteiger partial charge on any atom is -0.378 e. The zero-order chi connectivity index (χ0) is 18.4. The van der Waals surface area contributed by atoms with Crippen LogP contribution in [0, 0.1) is 5.92 Å². The molecule has 26 heavy (non-hydrogen) atoms. The molecule has 0 spiro atoms. The monoisotopic (exact) mass is 379 g/mol. The second kappa shape index (κ2) is 9.35. The lowest BCUT2D eigenvalue weighted by molar-refractivity contribution is -0.136. The highest BCUT2D eigenvalue weighted by molar-refractivity contribution is 6.33. The summed E-state index contributed by atoms with van der Waals surface area (Å²) in [5.41, 5.74) is 0.504. The highest BCUT2D eigenvalue weighted by Gasteiger charge is 2.25. The molecule has 2 amide bonds. The fraction of sp³-hybridized carbons (Fsp3) is 0.579. The largest absolute Gasteiger partial charge is 0.378 e. The lowest BCUT2D eigenvalue weighted by atomic mass is 9.97. The molecule has 3 rings (SSSR count). The van der Waals surface area contributed by atoms with E-state index in [1.165, 1.54) is 0 Å². The number of hydrogen-bond donors (Lipinski definition) is 1. The second-order valence-electron chi connectivity index (χ2n) is 6.93. The average Bonchev–Trinajstić information content (AvgIpc) is 2.67. The van der Waals surface area contributed by atoms with E-state index in [-0.39, 0.29) is 11.8 Å². The van der Waals surface area contributed by atoms with E-state index in [2.05, 4.69) is 10.2 Å². The van der Waals surface area contributed by atoms with Crippen LogP contribution in [-0.2, 0) is 9.53 Å². The zero-order valence-electron chi connectivity index (χ0n) is 15.0. The molecular formula is C19H26ClN3O3. The summed E-state index contributed by atoms with van der Waals surface area (Å²) in [4.78, 5) is 28.8. The number of amides is 2. The maximum atomic E-state index is 12.4. The van der Waals surface area contributed by atoms with E-state index in [1.807, 2.05) is 11.0 Å². The fourth-order valence-electron chi connectivity index (χ4n) is 3.54. The topological polar surface area (TPSA) is 61.9 Å². The number of hydrogen-bond acceptors (Lipinski definition) is 4. The van der Waals surface area contributed by atoms with Crippen LogP contribution >= 0.6 is 11.6 Å². The maximum absolute atomic E-state index is 12.4. The van der Waals surface area contributed by atoms with Crippen LogP contribution in [0.3, 0.4) is 0 Å². The van der Waals surface area contributed by atoms with Crippen molar-refractivity contribution in [2.75, 3.05) is 52.5 Å². The van der Waals surface area contributed by atoms with Crippen LogP contribution in [0.15, 0.2) is 24.3 Å². The molecule has 1 aromatic carbocycles. The third-order valence-corrected chi connectivity index (χ3v) is 5.33. The van der Waals surface area contributed by atoms with Crippen LogP contribution < -0.4 is 5.32 Å². The number of carbonyl (C=O) groups is 2. The predicted octanol–water partition coefficient (Wildman–Crippen LogP) is 1.64. The first-order valence-electron chi connectivity index (χ1n) is 9.24. The molecule has 7 heteroatoms. The van der Waals surface area contributed by atoms with Gasteiger partial charge in [-0.2, -0.15) is 0 Å². The molecule has 2 heterocycles. The zero-order valence-corrected chi connectivity index (χ0v) is 15.7. The van der Waals surface area contributed by atoms with Gasteiger partial charge in [-0.05, 0) is 37.4 Å². The summed E-state index contributed by atoms with van der Waals surface area (Å²) in [5, 5.41) is 3.45. The van der Waals surface area contributed by atoms with Crippen molar-refractivity contribution in [2.24, 2.45) is 5.92 Å². The SMILES string of the molecule is O=C(NC[C@@H]1CCCN(CC(=O)N2CCOCC2)C1)c1ccccc1Cl. The van der Waals surface area contributed by atoms with Crippen LogP contribution in [-0.4, -0.2) is 74.1 Å². The Kier molecular flexibility index (Phi) is 6.88. The first kappa shape index (κ1) is 19.1. The van der Waals surface area contributed by atoms with Gasteiger partial charge in [0.05, 0.1) is 30.3 Å². The van der Waals surface area contributed by atoms with Gasteiger partial charge in [0, 0.05) is 26.2 Å². The van der Waals surface area contributed by atoms with Gasteiger partial charge in [-0.1, -0.05) is 23.7 Å². The molecule has 0 aliphatic carbocycles. The maximum Gasteiger partial charge on any atom is 0.252 e. The predicted molar refractivity (Wildman–Crippen MR) is 100 cm³/mol. The van der Waals surface area contributed by atoms with E-state index in [0.29, 0.717) is 55.9 Å². The number of benzene rings is 1. The number of nitrogens with one attached hydrogen (secondary N) is 1. The average molecular weight is 380 g/mol. The van der Waals surface area contributed by atoms with Gasteiger partial charge in [0.25, 0.3) is 5.91 Å². The quantitative estimate of drug-likeness (QED) is 0.844. The molecule has 2 aliphatic rings. The molecule has 142 valence electrons. The van der Waals surface area contributed by atoms with Crippen molar-refractivity contribution in [1.82, 2.24) is 15.1 Å². The van der Waals surface area contributed by atoms with Gasteiger partial charge >= 0.3 is 0 Å². The summed E-state index contributed by atoms with van der Waals surface area (Å²) in [7, 11) is 0. The van der Waals surface area contributed by atoms with Gasteiger partial charge in [-0.15, -0.1) is 0 Å². The summed E-state index contributed by atoms with van der Waals surface area (Å²) in [6.45, 7) is 5.45. The standard InChI is InChI=1S/C19H26ClN3O3/c20-17-6-2-1-5-16(17)19(25)21-12-15-4-3-7-22(13-15)14-18(24)23-8-10-26-11-9-23/h1-2,5-6,15H,3-4,7-14H2,(H,21,25)/t15-/m0/s1. The lowest BCUT2D eigenvalue weighted by Crippen LogP contribution is -2.48. The third-order valence-electron chi connectivity index (χ3n) is 5.00. The number of piperidine rings is 1. The Morgan fingerprint density at radius 1 is 1.19 bits per heavy atom. The highest BCUT2D eigenvalue weighted by Crippen LogP contribution is 2.18. The molecule has 2 aliphatic heterocycles. The van der Waals surface area contributed by atoms with Crippen LogP contribution in [0.2, 0.25) is 5.02 Å². The van der Waals surface area contributed by atoms with E-state index in [0.717, 1.165) is 25.9 Å². The number of ether oxygens (including phenoxy) is 1. The van der Waals surface area contributed by atoms with Gasteiger partial charge in [0.15, 0.2) is 0 Å². The molecule has 1 aromatic rings. The van der Waals surface area contributed by atoms with E-state index >= 15 is 0 Å². The molecule has 0 saturated carbocycles. The molecule has 6 nitrogen and oxygen atoms in total. The van der Waals surface area contributed by atoms with Crippen LogP contribution in [0.1, 0.15) is 23.2 Å². The van der Waals surface area contributed by atoms with Crippen molar-refractivity contribution < 1.29 is 14.3 Å². The third kappa shape index (κ3) is 5.19. The van der Waals surface area contributed by atoms with Crippen molar-refractivity contribution in [3.63, 3.8) is 0 Å². The van der Waals surface area contributed by atoms with Gasteiger partial charge in [-0.3, -0.25) is 14.5 Å². The molecule has 1 N–H and O–H groups in total. The van der Waals surface area contributed by atoms with Crippen molar-refractivity contribution in [3.8, 4) is 0 Å². The van der Waals surface area contributed by atoms with Crippen molar-refractivity contribution >= 4 is 23.4 Å². The van der Waals surface area contributed by atoms with E-state index in [1.54, 1.807) is 18.2 Å². The molecule has 2 fully saturated rings. The summed E-state index contributed by atoms with van der Waals surface area (Å²) in [6.07, 6.45) is 2.11. The Morgan fingerprint density at radius 2 is 1.96 bits per heavy atom. The van der Waals surface area contributed by atoms with Gasteiger partial charge < -0.3 is 15.0 Å². The smallest absolute Gasteiger partial charge is 0.252 e. The molecule has 0 bridgehead atoms. The molecule has 0 aromatic heterocycles. The molecule has 2 saturated heterocycles. The van der Waals surface area contributed by atoms with Crippen LogP contribution in [0.5, 0.6) is 0 Å². The van der Waals surface area contributed by atoms with Gasteiger partial charge in [0.1, 0.15) is 0 Å². The Bertz CT molecular complexity index is 634. The van der Waals surface area contributed by atoms with Gasteiger partial charge in [-0.25, -0.2) is 0 Å². The summed E-state index contributed by atoms with van der Waals surface area (Å²) in [5.74, 6) is 0.388. The minimum atomic E-state index is -0.142. The van der Waals surface area contributed by atoms with Crippen LogP contribution in [0.25, 0.3) is 0 Å². The first-order valence-corrected chi connectivity index (χ1v) is 9.62. The molecule has 1 atom stereocenters. The molecule has 0 unspecified atom stereocenters. The Balaban J connectivity index is 1.45. The van der Waals surface area contributed by atoms with E-state index < -0.39 is 0 Å². The molecule has 0 radical (unpaired) electrons. The van der Waals surface area contributed by atoms with E-state index in [4.69, 9.17) is 16.3 Å². The number of halogens is 1. The second-order valence-corrected chi connectivity index (χ2v) is 7.33. The number of likely N-dealkylation sites (tertiary alicyclic amines) is 1. The minimum absolute atomic E-state index is 0.142. The number of carbonyl (C=O) groups excluding carboxylic acids is 2. The van der Waals surface area contributed by atoms with Crippen molar-refractivity contribution in [2.45, 2.75) is 12.8 Å². The van der Waals surface area contributed by atoms with Crippen molar-refractivity contribution in [3.05, 3.63) is 34.9 Å². The number of rotatable bonds is 5.